The number of quaternary nitrogens is 1. The van der Waals surface area contributed by atoms with E-state index in [0.717, 1.165) is 37.5 Å². The van der Waals surface area contributed by atoms with Crippen LogP contribution in [0.5, 0.6) is 0 Å². The fraction of sp³-hybridized carbons (Fsp3) is 0.429. The molecule has 0 radical (unpaired) electrons. The quantitative estimate of drug-likeness (QED) is 0.612. The van der Waals surface area contributed by atoms with E-state index in [1.54, 1.807) is 14.0 Å². The molecule has 1 aromatic carbocycles. The number of nitrogens with one attached hydrogen (secondary N) is 2. The molecule has 1 fully saturated rings. The molecule has 0 aliphatic carbocycles. The number of aryl methyl sites for hydroxylation is 1. The summed E-state index contributed by atoms with van der Waals surface area (Å²) in [7, 11) is 1.58. The lowest BCUT2D eigenvalue weighted by Gasteiger charge is -2.34. The molecule has 29 heavy (non-hydrogen) atoms. The maximum absolute atomic E-state index is 12.5. The Hall–Kier alpha value is -2.58. The van der Waals surface area contributed by atoms with E-state index in [4.69, 9.17) is 10.5 Å². The van der Waals surface area contributed by atoms with Crippen molar-refractivity contribution >= 4 is 33.9 Å². The van der Waals surface area contributed by atoms with Crippen LogP contribution in [0.1, 0.15) is 38.1 Å². The second kappa shape index (κ2) is 9.28. The van der Waals surface area contributed by atoms with E-state index in [2.05, 4.69) is 41.4 Å². The summed E-state index contributed by atoms with van der Waals surface area (Å²) in [5.41, 5.74) is 9.70. The van der Waals surface area contributed by atoms with Crippen LogP contribution in [0, 0.1) is 6.92 Å². The van der Waals surface area contributed by atoms with Crippen molar-refractivity contribution in [2.75, 3.05) is 50.5 Å². The van der Waals surface area contributed by atoms with Crippen LogP contribution in [0.2, 0.25) is 0 Å². The van der Waals surface area contributed by atoms with Crippen LogP contribution in [-0.4, -0.2) is 51.7 Å². The van der Waals surface area contributed by atoms with Crippen molar-refractivity contribution in [2.24, 2.45) is 0 Å². The number of piperazine rings is 1. The number of esters is 1. The Kier molecular flexibility index (Phi) is 6.76. The van der Waals surface area contributed by atoms with Gasteiger partial charge in [0.1, 0.15) is 22.0 Å². The minimum atomic E-state index is -0.454. The van der Waals surface area contributed by atoms with Crippen molar-refractivity contribution in [3.63, 3.8) is 0 Å². The number of hydrogen-bond donors (Lipinski definition) is 3. The molecule has 1 aliphatic heterocycles. The number of carbonyl (C=O) groups excluding carboxylic acids is 2. The van der Waals surface area contributed by atoms with Gasteiger partial charge in [0.2, 0.25) is 0 Å². The lowest BCUT2D eigenvalue weighted by Crippen LogP contribution is -3.13. The first-order valence-electron chi connectivity index (χ1n) is 9.90. The number of hydrogen-bond acceptors (Lipinski definition) is 6. The Morgan fingerprint density at radius 3 is 2.59 bits per heavy atom. The Morgan fingerprint density at radius 1 is 1.28 bits per heavy atom. The van der Waals surface area contributed by atoms with Gasteiger partial charge < -0.3 is 25.6 Å². The zero-order valence-electron chi connectivity index (χ0n) is 17.2. The van der Waals surface area contributed by atoms with Gasteiger partial charge in [-0.05, 0) is 25.5 Å². The van der Waals surface area contributed by atoms with Crippen LogP contribution in [0.4, 0.5) is 10.7 Å². The number of anilines is 2. The molecule has 156 valence electrons. The van der Waals surface area contributed by atoms with Gasteiger partial charge in [-0.2, -0.15) is 0 Å². The molecule has 2 aromatic rings. The molecule has 0 unspecified atom stereocenters. The van der Waals surface area contributed by atoms with Gasteiger partial charge in [0, 0.05) is 18.3 Å². The number of carbonyl (C=O) groups is 2. The highest BCUT2D eigenvalue weighted by molar-refractivity contribution is 7.18. The Morgan fingerprint density at radius 2 is 1.97 bits per heavy atom. The molecular formula is C21H29N4O3S+. The SMILES string of the molecule is CCOC(=O)c1c(N)sc(C(=O)NC)c1C[NH+]1CCN(c2ccccc2C)CC1. The van der Waals surface area contributed by atoms with Crippen molar-refractivity contribution in [1.82, 2.24) is 5.32 Å². The van der Waals surface area contributed by atoms with Gasteiger partial charge in [-0.25, -0.2) is 4.79 Å². The van der Waals surface area contributed by atoms with Crippen LogP contribution in [-0.2, 0) is 11.3 Å². The summed E-state index contributed by atoms with van der Waals surface area (Å²) < 4.78 is 5.19. The molecule has 1 aliphatic rings. The van der Waals surface area contributed by atoms with E-state index in [9.17, 15) is 9.59 Å². The van der Waals surface area contributed by atoms with E-state index < -0.39 is 5.97 Å². The Bertz CT molecular complexity index is 888. The third kappa shape index (κ3) is 4.54. The average molecular weight is 418 g/mol. The number of nitrogens with two attached hydrogens (primary N) is 1. The zero-order valence-corrected chi connectivity index (χ0v) is 18.0. The number of ether oxygens (including phenoxy) is 1. The number of rotatable bonds is 6. The Balaban J connectivity index is 1.78. The van der Waals surface area contributed by atoms with Gasteiger partial charge >= 0.3 is 5.97 Å². The summed E-state index contributed by atoms with van der Waals surface area (Å²) in [6, 6.07) is 8.40. The summed E-state index contributed by atoms with van der Waals surface area (Å²) in [5, 5.41) is 2.99. The molecule has 0 bridgehead atoms. The van der Waals surface area contributed by atoms with Gasteiger partial charge in [-0.3, -0.25) is 4.79 Å². The first kappa shape index (κ1) is 21.1. The molecule has 4 N–H and O–H groups in total. The molecule has 1 aromatic heterocycles. The van der Waals surface area contributed by atoms with E-state index in [0.29, 0.717) is 27.5 Å². The summed E-state index contributed by atoms with van der Waals surface area (Å²) >= 11 is 1.16. The highest BCUT2D eigenvalue weighted by Gasteiger charge is 2.30. The van der Waals surface area contributed by atoms with Crippen LogP contribution in [0.15, 0.2) is 24.3 Å². The maximum Gasteiger partial charge on any atom is 0.341 e. The molecule has 1 amide bonds. The van der Waals surface area contributed by atoms with Gasteiger partial charge in [-0.1, -0.05) is 18.2 Å². The smallest absolute Gasteiger partial charge is 0.341 e. The standard InChI is InChI=1S/C21H28N4O3S/c1-4-28-21(27)17-15(18(20(26)23-3)29-19(17)22)13-24-9-11-25(12-10-24)16-8-6-5-7-14(16)2/h5-8H,4,9-13,22H2,1-3H3,(H,23,26)/p+1. The van der Waals surface area contributed by atoms with Crippen molar-refractivity contribution in [2.45, 2.75) is 20.4 Å². The van der Waals surface area contributed by atoms with Gasteiger partial charge in [0.25, 0.3) is 5.91 Å². The third-order valence-electron chi connectivity index (χ3n) is 5.30. The largest absolute Gasteiger partial charge is 0.462 e. The van der Waals surface area contributed by atoms with Crippen LogP contribution < -0.4 is 20.9 Å². The lowest BCUT2D eigenvalue weighted by atomic mass is 10.1. The highest BCUT2D eigenvalue weighted by Crippen LogP contribution is 2.31. The van der Waals surface area contributed by atoms with E-state index >= 15 is 0 Å². The molecule has 1 saturated heterocycles. The number of benzene rings is 1. The predicted octanol–water partition coefficient (Wildman–Crippen LogP) is 1.08. The van der Waals surface area contributed by atoms with E-state index in [1.807, 2.05) is 0 Å². The second-order valence-corrected chi connectivity index (χ2v) is 8.20. The van der Waals surface area contributed by atoms with Gasteiger partial charge in [-0.15, -0.1) is 11.3 Å². The van der Waals surface area contributed by atoms with Crippen molar-refractivity contribution < 1.29 is 19.2 Å². The predicted molar refractivity (Wildman–Crippen MR) is 116 cm³/mol. The minimum Gasteiger partial charge on any atom is -0.462 e. The number of para-hydroxylation sites is 1. The number of thiophene rings is 1. The molecular weight excluding hydrogens is 388 g/mol. The second-order valence-electron chi connectivity index (χ2n) is 7.15. The lowest BCUT2D eigenvalue weighted by molar-refractivity contribution is -0.914. The number of nitrogen functional groups attached to an aromatic ring is 1. The molecule has 0 saturated carbocycles. The number of nitrogens with zero attached hydrogens (tertiary/aromatic N) is 1. The van der Waals surface area contributed by atoms with Crippen molar-refractivity contribution in [3.8, 4) is 0 Å². The van der Waals surface area contributed by atoms with Crippen LogP contribution >= 0.6 is 11.3 Å². The van der Waals surface area contributed by atoms with Crippen molar-refractivity contribution in [1.29, 1.82) is 0 Å². The molecule has 8 heteroatoms. The summed E-state index contributed by atoms with van der Waals surface area (Å²) in [6.45, 7) is 8.41. The summed E-state index contributed by atoms with van der Waals surface area (Å²) in [4.78, 5) is 29.1. The van der Waals surface area contributed by atoms with Gasteiger partial charge in [0.15, 0.2) is 0 Å². The topological polar surface area (TPSA) is 89.1 Å². The number of amides is 1. The zero-order chi connectivity index (χ0) is 21.0. The normalized spacial score (nSPS) is 14.7. The summed E-state index contributed by atoms with van der Waals surface area (Å²) in [5.74, 6) is -0.672. The highest BCUT2D eigenvalue weighted by atomic mass is 32.1. The molecule has 2 heterocycles. The molecule has 0 spiro atoms. The monoisotopic (exact) mass is 417 g/mol. The molecule has 0 atom stereocenters. The van der Waals surface area contributed by atoms with E-state index in [1.165, 1.54) is 16.2 Å². The summed E-state index contributed by atoms with van der Waals surface area (Å²) in [6.07, 6.45) is 0. The molecule has 3 rings (SSSR count). The first-order chi connectivity index (χ1) is 14.0. The van der Waals surface area contributed by atoms with Crippen LogP contribution in [0.3, 0.4) is 0 Å². The van der Waals surface area contributed by atoms with Crippen molar-refractivity contribution in [3.05, 3.63) is 45.8 Å². The molecule has 7 nitrogen and oxygen atoms in total. The fourth-order valence-corrected chi connectivity index (χ4v) is 4.81. The first-order valence-corrected chi connectivity index (χ1v) is 10.7. The Labute approximate surface area is 175 Å². The fourth-order valence-electron chi connectivity index (χ4n) is 3.79. The van der Waals surface area contributed by atoms with Gasteiger partial charge in [0.05, 0.1) is 32.8 Å². The van der Waals surface area contributed by atoms with Crippen LogP contribution in [0.25, 0.3) is 0 Å². The third-order valence-corrected chi connectivity index (χ3v) is 6.36. The average Bonchev–Trinajstić information content (AvgIpc) is 3.04. The minimum absolute atomic E-state index is 0.217. The van der Waals surface area contributed by atoms with E-state index in [-0.39, 0.29) is 12.5 Å². The maximum atomic E-state index is 12.5.